The number of anilines is 2. The average molecular weight is 370 g/mol. The second kappa shape index (κ2) is 6.31. The smallest absolute Gasteiger partial charge is 0.346 e. The zero-order valence-corrected chi connectivity index (χ0v) is 14.7. The average Bonchev–Trinajstić information content (AvgIpc) is 3.05. The van der Waals surface area contributed by atoms with E-state index in [1.54, 1.807) is 24.3 Å². The minimum absolute atomic E-state index is 0.366. The Labute approximate surface area is 151 Å². The van der Waals surface area contributed by atoms with Crippen molar-refractivity contribution in [2.45, 2.75) is 6.92 Å². The van der Waals surface area contributed by atoms with E-state index < -0.39 is 5.63 Å². The predicted molar refractivity (Wildman–Crippen MR) is 101 cm³/mol. The van der Waals surface area contributed by atoms with Crippen molar-refractivity contribution in [3.63, 3.8) is 0 Å². The molecule has 0 aliphatic rings. The topological polar surface area (TPSA) is 68.0 Å². The van der Waals surface area contributed by atoms with Gasteiger partial charge in [0, 0.05) is 16.1 Å². The summed E-state index contributed by atoms with van der Waals surface area (Å²) in [5.41, 5.74) is 2.45. The van der Waals surface area contributed by atoms with Gasteiger partial charge in [-0.05, 0) is 42.8 Å². The monoisotopic (exact) mass is 369 g/mol. The maximum atomic E-state index is 12.3. The standard InChI is InChI=1S/C18H12ClN3O2S/c1-10-4-2-3-5-14(10)20-18-22-21-16(25-18)13-9-11-8-12(19)6-7-15(11)24-17(13)23/h2-9H,1H3,(H,20,22). The number of fused-ring (bicyclic) bond motifs is 1. The molecule has 2 heterocycles. The number of halogens is 1. The fourth-order valence-electron chi connectivity index (χ4n) is 2.45. The molecule has 2 aromatic carbocycles. The van der Waals surface area contributed by atoms with E-state index in [9.17, 15) is 4.79 Å². The fourth-order valence-corrected chi connectivity index (χ4v) is 3.39. The van der Waals surface area contributed by atoms with Crippen molar-refractivity contribution in [1.82, 2.24) is 10.2 Å². The van der Waals surface area contributed by atoms with E-state index in [2.05, 4.69) is 15.5 Å². The van der Waals surface area contributed by atoms with Gasteiger partial charge in [0.2, 0.25) is 5.13 Å². The van der Waals surface area contributed by atoms with Gasteiger partial charge in [0.15, 0.2) is 5.01 Å². The van der Waals surface area contributed by atoms with Crippen LogP contribution in [0.5, 0.6) is 0 Å². The lowest BCUT2D eigenvalue weighted by molar-refractivity contribution is 0.563. The summed E-state index contributed by atoms with van der Waals surface area (Å²) < 4.78 is 5.35. The van der Waals surface area contributed by atoms with Gasteiger partial charge in [-0.15, -0.1) is 10.2 Å². The van der Waals surface area contributed by atoms with Crippen molar-refractivity contribution in [3.05, 3.63) is 69.5 Å². The van der Waals surface area contributed by atoms with Crippen LogP contribution in [0.4, 0.5) is 10.8 Å². The second-order valence-corrected chi connectivity index (χ2v) is 6.90. The van der Waals surface area contributed by atoms with Crippen LogP contribution in [0.3, 0.4) is 0 Å². The summed E-state index contributed by atoms with van der Waals surface area (Å²) in [7, 11) is 0. The Bertz CT molecular complexity index is 1140. The first-order chi connectivity index (χ1) is 12.1. The largest absolute Gasteiger partial charge is 0.422 e. The number of rotatable bonds is 3. The van der Waals surface area contributed by atoms with Crippen molar-refractivity contribution in [2.24, 2.45) is 0 Å². The van der Waals surface area contributed by atoms with Crippen molar-refractivity contribution in [1.29, 1.82) is 0 Å². The Hall–Kier alpha value is -2.70. The molecule has 0 unspecified atom stereocenters. The summed E-state index contributed by atoms with van der Waals surface area (Å²) in [6.07, 6.45) is 0. The number of hydrogen-bond acceptors (Lipinski definition) is 6. The van der Waals surface area contributed by atoms with Gasteiger partial charge in [0.05, 0.1) is 5.56 Å². The molecule has 0 fully saturated rings. The summed E-state index contributed by atoms with van der Waals surface area (Å²) in [6, 6.07) is 14.7. The quantitative estimate of drug-likeness (QED) is 0.514. The molecule has 4 aromatic rings. The lowest BCUT2D eigenvalue weighted by atomic mass is 10.2. The molecule has 25 heavy (non-hydrogen) atoms. The van der Waals surface area contributed by atoms with Crippen molar-refractivity contribution < 1.29 is 4.42 Å². The minimum atomic E-state index is -0.451. The highest BCUT2D eigenvalue weighted by atomic mass is 35.5. The molecular formula is C18H12ClN3O2S. The molecule has 1 N–H and O–H groups in total. The van der Waals surface area contributed by atoms with Gasteiger partial charge in [0.1, 0.15) is 5.58 Å². The molecule has 0 aliphatic heterocycles. The molecule has 7 heteroatoms. The maximum Gasteiger partial charge on any atom is 0.346 e. The van der Waals surface area contributed by atoms with E-state index >= 15 is 0 Å². The molecule has 0 aliphatic carbocycles. The van der Waals surface area contributed by atoms with Crippen LogP contribution in [0.15, 0.2) is 57.7 Å². The van der Waals surface area contributed by atoms with Crippen LogP contribution < -0.4 is 10.9 Å². The van der Waals surface area contributed by atoms with Crippen LogP contribution in [-0.4, -0.2) is 10.2 Å². The Balaban J connectivity index is 1.72. The Kier molecular flexibility index (Phi) is 3.99. The molecule has 124 valence electrons. The van der Waals surface area contributed by atoms with Gasteiger partial charge < -0.3 is 9.73 Å². The van der Waals surface area contributed by atoms with Crippen LogP contribution in [0.1, 0.15) is 5.56 Å². The molecular weight excluding hydrogens is 358 g/mol. The summed E-state index contributed by atoms with van der Waals surface area (Å²) in [4.78, 5) is 12.3. The van der Waals surface area contributed by atoms with Crippen molar-refractivity contribution in [3.8, 4) is 10.6 Å². The highest BCUT2D eigenvalue weighted by Crippen LogP contribution is 2.29. The Morgan fingerprint density at radius 3 is 2.80 bits per heavy atom. The van der Waals surface area contributed by atoms with Crippen LogP contribution >= 0.6 is 22.9 Å². The highest BCUT2D eigenvalue weighted by molar-refractivity contribution is 7.18. The molecule has 0 atom stereocenters. The number of nitrogens with one attached hydrogen (secondary N) is 1. The van der Waals surface area contributed by atoms with Crippen LogP contribution in [-0.2, 0) is 0 Å². The van der Waals surface area contributed by atoms with Crippen LogP contribution in [0, 0.1) is 6.92 Å². The number of nitrogens with zero attached hydrogens (tertiary/aromatic N) is 2. The SMILES string of the molecule is Cc1ccccc1Nc1nnc(-c2cc3cc(Cl)ccc3oc2=O)s1. The van der Waals surface area contributed by atoms with E-state index in [-0.39, 0.29) is 0 Å². The molecule has 0 saturated carbocycles. The van der Waals surface area contributed by atoms with Crippen LogP contribution in [0.25, 0.3) is 21.5 Å². The normalized spacial score (nSPS) is 11.0. The number of para-hydroxylation sites is 1. The van der Waals surface area contributed by atoms with E-state index in [4.69, 9.17) is 16.0 Å². The fraction of sp³-hybridized carbons (Fsp3) is 0.0556. The van der Waals surface area contributed by atoms with Gasteiger partial charge in [-0.3, -0.25) is 0 Å². The van der Waals surface area contributed by atoms with E-state index in [1.807, 2.05) is 31.2 Å². The third-order valence-corrected chi connectivity index (χ3v) is 4.84. The lowest BCUT2D eigenvalue weighted by Gasteiger charge is -2.04. The molecule has 2 aromatic heterocycles. The van der Waals surface area contributed by atoms with E-state index in [0.717, 1.165) is 16.6 Å². The zero-order chi connectivity index (χ0) is 17.4. The van der Waals surface area contributed by atoms with Gasteiger partial charge in [0.25, 0.3) is 0 Å². The number of hydrogen-bond donors (Lipinski definition) is 1. The Morgan fingerprint density at radius 1 is 1.12 bits per heavy atom. The van der Waals surface area contributed by atoms with Gasteiger partial charge in [-0.1, -0.05) is 41.1 Å². The zero-order valence-electron chi connectivity index (χ0n) is 13.1. The van der Waals surface area contributed by atoms with Gasteiger partial charge in [-0.25, -0.2) is 4.79 Å². The first kappa shape index (κ1) is 15.8. The van der Waals surface area contributed by atoms with Crippen LogP contribution in [0.2, 0.25) is 5.02 Å². The molecule has 5 nitrogen and oxygen atoms in total. The summed E-state index contributed by atoms with van der Waals surface area (Å²) >= 11 is 7.30. The van der Waals surface area contributed by atoms with Crippen molar-refractivity contribution in [2.75, 3.05) is 5.32 Å². The van der Waals surface area contributed by atoms with E-state index in [0.29, 0.717) is 26.3 Å². The van der Waals surface area contributed by atoms with Crippen molar-refractivity contribution >= 4 is 44.7 Å². The maximum absolute atomic E-state index is 12.3. The molecule has 0 radical (unpaired) electrons. The number of aryl methyl sites for hydroxylation is 1. The molecule has 4 rings (SSSR count). The summed E-state index contributed by atoms with van der Waals surface area (Å²) in [5.74, 6) is 0. The van der Waals surface area contributed by atoms with E-state index in [1.165, 1.54) is 11.3 Å². The third-order valence-electron chi connectivity index (χ3n) is 3.74. The second-order valence-electron chi connectivity index (χ2n) is 5.48. The summed E-state index contributed by atoms with van der Waals surface area (Å²) in [6.45, 7) is 2.01. The third kappa shape index (κ3) is 3.14. The lowest BCUT2D eigenvalue weighted by Crippen LogP contribution is -2.02. The Morgan fingerprint density at radius 2 is 1.96 bits per heavy atom. The first-order valence-electron chi connectivity index (χ1n) is 7.50. The molecule has 0 spiro atoms. The predicted octanol–water partition coefficient (Wildman–Crippen LogP) is 5.02. The molecule has 0 amide bonds. The molecule has 0 saturated heterocycles. The molecule has 0 bridgehead atoms. The number of benzene rings is 2. The number of aromatic nitrogens is 2. The minimum Gasteiger partial charge on any atom is -0.422 e. The summed E-state index contributed by atoms with van der Waals surface area (Å²) in [5, 5.41) is 13.9. The van der Waals surface area contributed by atoms with Gasteiger partial charge >= 0.3 is 5.63 Å². The highest BCUT2D eigenvalue weighted by Gasteiger charge is 2.14. The van der Waals surface area contributed by atoms with Gasteiger partial charge in [-0.2, -0.15) is 0 Å². The first-order valence-corrected chi connectivity index (χ1v) is 8.69.